The monoisotopic (exact) mass is 418 g/mol. The van der Waals surface area contributed by atoms with Crippen LogP contribution < -0.4 is 10.5 Å². The van der Waals surface area contributed by atoms with Crippen LogP contribution >= 0.6 is 23.1 Å². The zero-order valence-corrected chi connectivity index (χ0v) is 16.9. The number of thiophene rings is 1. The molecule has 0 unspecified atom stereocenters. The highest BCUT2D eigenvalue weighted by molar-refractivity contribution is 7.99. The number of anilines is 1. The van der Waals surface area contributed by atoms with Crippen molar-refractivity contribution in [1.82, 2.24) is 14.5 Å². The number of carbonyl (C=O) groups is 1. The molecule has 0 radical (unpaired) electrons. The van der Waals surface area contributed by atoms with Crippen molar-refractivity contribution < 1.29 is 9.18 Å². The van der Waals surface area contributed by atoms with Gasteiger partial charge in [-0.15, -0.1) is 11.3 Å². The Morgan fingerprint density at radius 3 is 2.71 bits per heavy atom. The topological polar surface area (TPSA) is 58.4 Å². The van der Waals surface area contributed by atoms with Gasteiger partial charge in [0.25, 0.3) is 5.56 Å². The van der Waals surface area contributed by atoms with Crippen molar-refractivity contribution in [3.63, 3.8) is 0 Å². The van der Waals surface area contributed by atoms with Gasteiger partial charge in [-0.05, 0) is 23.6 Å². The number of hydrogen-bond acceptors (Lipinski definition) is 6. The number of benzene rings is 1. The molecule has 1 aliphatic rings. The number of amides is 1. The van der Waals surface area contributed by atoms with Crippen LogP contribution in [0.1, 0.15) is 0 Å². The van der Waals surface area contributed by atoms with E-state index in [0.29, 0.717) is 47.2 Å². The maximum Gasteiger partial charge on any atom is 0.262 e. The molecule has 0 spiro atoms. The molecule has 0 atom stereocenters. The molecule has 2 aromatic heterocycles. The van der Waals surface area contributed by atoms with Crippen LogP contribution in [0.4, 0.5) is 10.1 Å². The molecule has 9 heteroatoms. The summed E-state index contributed by atoms with van der Waals surface area (Å²) >= 11 is 2.69. The van der Waals surface area contributed by atoms with Crippen molar-refractivity contribution in [1.29, 1.82) is 0 Å². The van der Waals surface area contributed by atoms with Gasteiger partial charge >= 0.3 is 0 Å². The zero-order chi connectivity index (χ0) is 19.7. The number of aromatic nitrogens is 2. The van der Waals surface area contributed by atoms with E-state index in [1.165, 1.54) is 33.7 Å². The van der Waals surface area contributed by atoms with Gasteiger partial charge in [-0.3, -0.25) is 14.2 Å². The predicted octanol–water partition coefficient (Wildman–Crippen LogP) is 2.58. The summed E-state index contributed by atoms with van der Waals surface area (Å²) in [5, 5.41) is 2.99. The van der Waals surface area contributed by atoms with Crippen molar-refractivity contribution >= 4 is 44.9 Å². The number of carbonyl (C=O) groups excluding carboxylic acids is 1. The number of piperazine rings is 1. The van der Waals surface area contributed by atoms with Gasteiger partial charge < -0.3 is 9.80 Å². The molecule has 0 N–H and O–H groups in total. The Labute approximate surface area is 169 Å². The average Bonchev–Trinajstić information content (AvgIpc) is 3.18. The van der Waals surface area contributed by atoms with Gasteiger partial charge in [0.05, 0.1) is 16.8 Å². The predicted molar refractivity (Wildman–Crippen MR) is 111 cm³/mol. The second-order valence-corrected chi connectivity index (χ2v) is 8.34. The molecule has 6 nitrogen and oxygen atoms in total. The quantitative estimate of drug-likeness (QED) is 0.482. The summed E-state index contributed by atoms with van der Waals surface area (Å²) in [4.78, 5) is 33.9. The standard InChI is InChI=1S/C19H19FN4O2S2/c1-22-18(26)13-6-11-27-17(13)21-19(22)28-12-16(25)24-9-7-23(8-10-24)15-5-3-2-4-14(15)20/h2-6,11H,7-10,12H2,1H3. The Morgan fingerprint density at radius 1 is 1.21 bits per heavy atom. The molecule has 1 amide bonds. The molecule has 1 aliphatic heterocycles. The fraction of sp³-hybridized carbons (Fsp3) is 0.316. The fourth-order valence-corrected chi connectivity index (χ4v) is 4.91. The Balaban J connectivity index is 1.37. The van der Waals surface area contributed by atoms with Gasteiger partial charge in [0.2, 0.25) is 5.91 Å². The van der Waals surface area contributed by atoms with E-state index in [0.717, 1.165) is 0 Å². The number of fused-ring (bicyclic) bond motifs is 1. The lowest BCUT2D eigenvalue weighted by molar-refractivity contribution is -0.128. The Morgan fingerprint density at radius 2 is 1.96 bits per heavy atom. The highest BCUT2D eigenvalue weighted by atomic mass is 32.2. The van der Waals surface area contributed by atoms with E-state index in [1.54, 1.807) is 30.1 Å². The molecular formula is C19H19FN4O2S2. The first-order chi connectivity index (χ1) is 13.5. The molecule has 0 bridgehead atoms. The summed E-state index contributed by atoms with van der Waals surface area (Å²) in [6, 6.07) is 8.46. The number of thioether (sulfide) groups is 1. The minimum atomic E-state index is -0.242. The van der Waals surface area contributed by atoms with Crippen LogP contribution in [0.25, 0.3) is 10.2 Å². The summed E-state index contributed by atoms with van der Waals surface area (Å²) in [6.45, 7) is 2.28. The maximum atomic E-state index is 13.9. The van der Waals surface area contributed by atoms with Crippen LogP contribution in [0.5, 0.6) is 0 Å². The fourth-order valence-electron chi connectivity index (χ4n) is 3.23. The van der Waals surface area contributed by atoms with Gasteiger partial charge in [0.1, 0.15) is 10.6 Å². The van der Waals surface area contributed by atoms with E-state index in [2.05, 4.69) is 4.98 Å². The minimum Gasteiger partial charge on any atom is -0.366 e. The molecule has 0 aliphatic carbocycles. The van der Waals surface area contributed by atoms with Gasteiger partial charge in [-0.1, -0.05) is 23.9 Å². The first kappa shape index (κ1) is 18.9. The summed E-state index contributed by atoms with van der Waals surface area (Å²) in [7, 11) is 1.67. The second kappa shape index (κ2) is 7.92. The second-order valence-electron chi connectivity index (χ2n) is 6.51. The average molecular weight is 419 g/mol. The molecule has 28 heavy (non-hydrogen) atoms. The van der Waals surface area contributed by atoms with Crippen LogP contribution in [0.2, 0.25) is 0 Å². The number of nitrogens with zero attached hydrogens (tertiary/aromatic N) is 4. The van der Waals surface area contributed by atoms with Gasteiger partial charge in [0.15, 0.2) is 5.16 Å². The first-order valence-electron chi connectivity index (χ1n) is 8.89. The first-order valence-corrected chi connectivity index (χ1v) is 10.8. The molecular weight excluding hydrogens is 399 g/mol. The third kappa shape index (κ3) is 3.64. The van der Waals surface area contributed by atoms with E-state index in [-0.39, 0.29) is 23.0 Å². The molecule has 1 fully saturated rings. The van der Waals surface area contributed by atoms with Gasteiger partial charge in [-0.25, -0.2) is 9.37 Å². The van der Waals surface area contributed by atoms with Crippen LogP contribution in [0.3, 0.4) is 0 Å². The Kier molecular flexibility index (Phi) is 5.36. The summed E-state index contributed by atoms with van der Waals surface area (Å²) in [5.74, 6) is -0.0239. The van der Waals surface area contributed by atoms with E-state index < -0.39 is 0 Å². The number of para-hydroxylation sites is 1. The Bertz CT molecular complexity index is 1070. The molecule has 0 saturated carbocycles. The zero-order valence-electron chi connectivity index (χ0n) is 15.3. The lowest BCUT2D eigenvalue weighted by atomic mass is 10.2. The molecule has 1 aromatic carbocycles. The maximum absolute atomic E-state index is 13.9. The van der Waals surface area contributed by atoms with Gasteiger partial charge in [0, 0.05) is 33.2 Å². The van der Waals surface area contributed by atoms with Crippen LogP contribution in [0.15, 0.2) is 45.7 Å². The Hall–Kier alpha value is -2.39. The SMILES string of the molecule is Cn1c(SCC(=O)N2CCN(c3ccccc3F)CC2)nc2sccc2c1=O. The number of halogens is 1. The summed E-state index contributed by atoms with van der Waals surface area (Å²) in [5.41, 5.74) is 0.479. The van der Waals surface area contributed by atoms with Crippen molar-refractivity contribution in [2.24, 2.45) is 7.05 Å². The van der Waals surface area contributed by atoms with Crippen molar-refractivity contribution in [3.05, 3.63) is 51.9 Å². The van der Waals surface area contributed by atoms with Crippen molar-refractivity contribution in [2.45, 2.75) is 5.16 Å². The van der Waals surface area contributed by atoms with Crippen LogP contribution in [-0.2, 0) is 11.8 Å². The lowest BCUT2D eigenvalue weighted by Crippen LogP contribution is -2.49. The van der Waals surface area contributed by atoms with Crippen LogP contribution in [-0.4, -0.2) is 52.3 Å². The highest BCUT2D eigenvalue weighted by Gasteiger charge is 2.23. The summed E-state index contributed by atoms with van der Waals surface area (Å²) < 4.78 is 15.4. The molecule has 4 rings (SSSR count). The summed E-state index contributed by atoms with van der Waals surface area (Å²) in [6.07, 6.45) is 0. The van der Waals surface area contributed by atoms with Crippen molar-refractivity contribution in [2.75, 3.05) is 36.8 Å². The largest absolute Gasteiger partial charge is 0.366 e. The van der Waals surface area contributed by atoms with Crippen LogP contribution in [0, 0.1) is 5.82 Å². The third-order valence-electron chi connectivity index (χ3n) is 4.81. The number of rotatable bonds is 4. The lowest BCUT2D eigenvalue weighted by Gasteiger charge is -2.36. The van der Waals surface area contributed by atoms with Crippen molar-refractivity contribution in [3.8, 4) is 0 Å². The molecule has 3 aromatic rings. The molecule has 1 saturated heterocycles. The third-order valence-corrected chi connectivity index (χ3v) is 6.64. The van der Waals surface area contributed by atoms with E-state index >= 15 is 0 Å². The smallest absolute Gasteiger partial charge is 0.262 e. The van der Waals surface area contributed by atoms with E-state index in [1.807, 2.05) is 16.3 Å². The van der Waals surface area contributed by atoms with E-state index in [4.69, 9.17) is 0 Å². The van der Waals surface area contributed by atoms with Gasteiger partial charge in [-0.2, -0.15) is 0 Å². The molecule has 3 heterocycles. The van der Waals surface area contributed by atoms with E-state index in [9.17, 15) is 14.0 Å². The highest BCUT2D eigenvalue weighted by Crippen LogP contribution is 2.22. The molecule has 146 valence electrons. The normalized spacial score (nSPS) is 14.6. The minimum absolute atomic E-state index is 0.00120. The number of hydrogen-bond donors (Lipinski definition) is 0.